The SMILES string of the molecule is CC(C)C1CCN(C(=O)c2cc(N)c[nH]2)CC1. The lowest BCUT2D eigenvalue weighted by Crippen LogP contribution is -2.39. The van der Waals surface area contributed by atoms with Crippen LogP contribution in [-0.4, -0.2) is 28.9 Å². The second-order valence-corrected chi connectivity index (χ2v) is 5.22. The van der Waals surface area contributed by atoms with Crippen molar-refractivity contribution in [2.75, 3.05) is 18.8 Å². The fourth-order valence-corrected chi connectivity index (χ4v) is 2.47. The zero-order valence-electron chi connectivity index (χ0n) is 10.6. The summed E-state index contributed by atoms with van der Waals surface area (Å²) in [7, 11) is 0. The number of aromatic amines is 1. The van der Waals surface area contributed by atoms with Crippen molar-refractivity contribution in [2.24, 2.45) is 11.8 Å². The number of hydrogen-bond acceptors (Lipinski definition) is 2. The summed E-state index contributed by atoms with van der Waals surface area (Å²) < 4.78 is 0. The van der Waals surface area contributed by atoms with Gasteiger partial charge < -0.3 is 15.6 Å². The molecule has 1 amide bonds. The lowest BCUT2D eigenvalue weighted by Gasteiger charge is -2.33. The van der Waals surface area contributed by atoms with Crippen molar-refractivity contribution in [1.82, 2.24) is 9.88 Å². The molecule has 94 valence electrons. The van der Waals surface area contributed by atoms with Crippen LogP contribution in [0.15, 0.2) is 12.3 Å². The van der Waals surface area contributed by atoms with E-state index in [-0.39, 0.29) is 5.91 Å². The number of nitrogen functional groups attached to an aromatic ring is 1. The number of aromatic nitrogens is 1. The summed E-state index contributed by atoms with van der Waals surface area (Å²) in [6.45, 7) is 6.24. The molecule has 1 fully saturated rings. The number of nitrogens with one attached hydrogen (secondary N) is 1. The van der Waals surface area contributed by atoms with Crippen molar-refractivity contribution in [3.8, 4) is 0 Å². The topological polar surface area (TPSA) is 62.1 Å². The summed E-state index contributed by atoms with van der Waals surface area (Å²) in [5.41, 5.74) is 6.82. The smallest absolute Gasteiger partial charge is 0.270 e. The first kappa shape index (κ1) is 12.0. The van der Waals surface area contributed by atoms with Crippen LogP contribution in [-0.2, 0) is 0 Å². The van der Waals surface area contributed by atoms with Crippen LogP contribution in [0.3, 0.4) is 0 Å². The van der Waals surface area contributed by atoms with Crippen LogP contribution < -0.4 is 5.73 Å². The zero-order chi connectivity index (χ0) is 12.4. The number of nitrogens with zero attached hydrogens (tertiary/aromatic N) is 1. The number of piperidine rings is 1. The Kier molecular flexibility index (Phi) is 3.41. The Morgan fingerprint density at radius 3 is 2.59 bits per heavy atom. The van der Waals surface area contributed by atoms with E-state index in [2.05, 4.69) is 18.8 Å². The summed E-state index contributed by atoms with van der Waals surface area (Å²) in [5, 5.41) is 0. The number of carbonyl (C=O) groups excluding carboxylic acids is 1. The van der Waals surface area contributed by atoms with Gasteiger partial charge in [-0.05, 0) is 30.7 Å². The van der Waals surface area contributed by atoms with E-state index in [1.165, 1.54) is 0 Å². The Morgan fingerprint density at radius 1 is 1.47 bits per heavy atom. The summed E-state index contributed by atoms with van der Waals surface area (Å²) in [6.07, 6.45) is 3.88. The average molecular weight is 235 g/mol. The van der Waals surface area contributed by atoms with E-state index in [0.29, 0.717) is 17.3 Å². The fraction of sp³-hybridized carbons (Fsp3) is 0.615. The van der Waals surface area contributed by atoms with Gasteiger partial charge in [-0.15, -0.1) is 0 Å². The molecular formula is C13H21N3O. The van der Waals surface area contributed by atoms with Crippen LogP contribution in [0.25, 0.3) is 0 Å². The van der Waals surface area contributed by atoms with Crippen molar-refractivity contribution in [3.05, 3.63) is 18.0 Å². The van der Waals surface area contributed by atoms with Crippen LogP contribution >= 0.6 is 0 Å². The van der Waals surface area contributed by atoms with Gasteiger partial charge in [0.1, 0.15) is 5.69 Å². The monoisotopic (exact) mass is 235 g/mol. The summed E-state index contributed by atoms with van der Waals surface area (Å²) in [6, 6.07) is 1.71. The Labute approximate surface area is 102 Å². The van der Waals surface area contributed by atoms with Gasteiger partial charge in [-0.3, -0.25) is 4.79 Å². The van der Waals surface area contributed by atoms with E-state index in [4.69, 9.17) is 5.73 Å². The van der Waals surface area contributed by atoms with E-state index in [1.807, 2.05) is 4.90 Å². The summed E-state index contributed by atoms with van der Waals surface area (Å²) in [5.74, 6) is 1.55. The molecule has 2 heterocycles. The minimum atomic E-state index is 0.0731. The van der Waals surface area contributed by atoms with Crippen LogP contribution in [0.1, 0.15) is 37.2 Å². The van der Waals surface area contributed by atoms with Gasteiger partial charge in [-0.2, -0.15) is 0 Å². The standard InChI is InChI=1S/C13H21N3O/c1-9(2)10-3-5-16(6-4-10)13(17)12-7-11(14)8-15-12/h7-10,15H,3-6,14H2,1-2H3. The molecule has 4 nitrogen and oxygen atoms in total. The van der Waals surface area contributed by atoms with Crippen molar-refractivity contribution in [2.45, 2.75) is 26.7 Å². The number of rotatable bonds is 2. The molecule has 0 unspecified atom stereocenters. The average Bonchev–Trinajstić information content (AvgIpc) is 2.75. The van der Waals surface area contributed by atoms with Crippen LogP contribution in [0.2, 0.25) is 0 Å². The highest BCUT2D eigenvalue weighted by Gasteiger charge is 2.25. The third-order valence-corrected chi connectivity index (χ3v) is 3.71. The molecule has 1 aliphatic heterocycles. The first-order valence-electron chi connectivity index (χ1n) is 6.31. The van der Waals surface area contributed by atoms with Crippen LogP contribution in [0, 0.1) is 11.8 Å². The van der Waals surface area contributed by atoms with E-state index in [9.17, 15) is 4.79 Å². The Hall–Kier alpha value is -1.45. The third kappa shape index (κ3) is 2.62. The number of amides is 1. The summed E-state index contributed by atoms with van der Waals surface area (Å²) in [4.78, 5) is 17.0. The second-order valence-electron chi connectivity index (χ2n) is 5.22. The molecule has 0 saturated carbocycles. The van der Waals surface area contributed by atoms with Crippen LogP contribution in [0.4, 0.5) is 5.69 Å². The van der Waals surface area contributed by atoms with Crippen molar-refractivity contribution < 1.29 is 4.79 Å². The highest BCUT2D eigenvalue weighted by molar-refractivity contribution is 5.93. The minimum Gasteiger partial charge on any atom is -0.397 e. The van der Waals surface area contributed by atoms with Gasteiger partial charge in [0.15, 0.2) is 0 Å². The largest absolute Gasteiger partial charge is 0.397 e. The van der Waals surface area contributed by atoms with E-state index in [0.717, 1.165) is 31.8 Å². The predicted octanol–water partition coefficient (Wildman–Crippen LogP) is 2.11. The summed E-state index contributed by atoms with van der Waals surface area (Å²) >= 11 is 0. The van der Waals surface area contributed by atoms with Gasteiger partial charge in [0.2, 0.25) is 0 Å². The number of carbonyl (C=O) groups is 1. The van der Waals surface area contributed by atoms with Gasteiger partial charge in [0.25, 0.3) is 5.91 Å². The number of H-pyrrole nitrogens is 1. The lowest BCUT2D eigenvalue weighted by molar-refractivity contribution is 0.0662. The highest BCUT2D eigenvalue weighted by atomic mass is 16.2. The van der Waals surface area contributed by atoms with E-state index in [1.54, 1.807) is 12.3 Å². The maximum atomic E-state index is 12.1. The molecule has 17 heavy (non-hydrogen) atoms. The maximum absolute atomic E-state index is 12.1. The Balaban J connectivity index is 1.95. The molecule has 1 aromatic rings. The molecule has 1 aromatic heterocycles. The van der Waals surface area contributed by atoms with Crippen LogP contribution in [0.5, 0.6) is 0 Å². The second kappa shape index (κ2) is 4.82. The highest BCUT2D eigenvalue weighted by Crippen LogP contribution is 2.25. The molecule has 0 atom stereocenters. The number of nitrogens with two attached hydrogens (primary N) is 1. The van der Waals surface area contributed by atoms with E-state index >= 15 is 0 Å². The maximum Gasteiger partial charge on any atom is 0.270 e. The first-order valence-corrected chi connectivity index (χ1v) is 6.31. The van der Waals surface area contributed by atoms with Gasteiger partial charge in [0.05, 0.1) is 0 Å². The molecule has 4 heteroatoms. The number of anilines is 1. The Bertz CT molecular complexity index is 389. The van der Waals surface area contributed by atoms with Crippen molar-refractivity contribution in [1.29, 1.82) is 0 Å². The third-order valence-electron chi connectivity index (χ3n) is 3.71. The minimum absolute atomic E-state index is 0.0731. The van der Waals surface area contributed by atoms with Gasteiger partial charge in [-0.1, -0.05) is 13.8 Å². The van der Waals surface area contributed by atoms with Gasteiger partial charge in [0, 0.05) is 25.0 Å². The molecule has 0 radical (unpaired) electrons. The number of likely N-dealkylation sites (tertiary alicyclic amines) is 1. The molecule has 0 aliphatic carbocycles. The molecule has 0 bridgehead atoms. The normalized spacial score (nSPS) is 17.7. The van der Waals surface area contributed by atoms with E-state index < -0.39 is 0 Å². The molecule has 2 rings (SSSR count). The lowest BCUT2D eigenvalue weighted by atomic mass is 9.86. The fourth-order valence-electron chi connectivity index (χ4n) is 2.47. The first-order chi connectivity index (χ1) is 8.08. The molecule has 1 saturated heterocycles. The van der Waals surface area contributed by atoms with Crippen molar-refractivity contribution in [3.63, 3.8) is 0 Å². The van der Waals surface area contributed by atoms with Crippen molar-refractivity contribution >= 4 is 11.6 Å². The quantitative estimate of drug-likeness (QED) is 0.824. The molecule has 0 spiro atoms. The Morgan fingerprint density at radius 2 is 2.12 bits per heavy atom. The van der Waals surface area contributed by atoms with Gasteiger partial charge >= 0.3 is 0 Å². The van der Waals surface area contributed by atoms with Gasteiger partial charge in [-0.25, -0.2) is 0 Å². The number of hydrogen-bond donors (Lipinski definition) is 2. The molecular weight excluding hydrogens is 214 g/mol. The zero-order valence-corrected chi connectivity index (χ0v) is 10.6. The molecule has 0 aromatic carbocycles. The predicted molar refractivity (Wildman–Crippen MR) is 68.7 cm³/mol. The molecule has 3 N–H and O–H groups in total. The molecule has 1 aliphatic rings.